The molecule has 1 aromatic rings. The highest BCUT2D eigenvalue weighted by atomic mass is 32.2. The fraction of sp³-hybridized carbons (Fsp3) is 0.700. The molecule has 1 aliphatic heterocycles. The van der Waals surface area contributed by atoms with Crippen LogP contribution in [0, 0.1) is 0 Å². The van der Waals surface area contributed by atoms with Crippen molar-refractivity contribution in [2.24, 2.45) is 5.73 Å². The van der Waals surface area contributed by atoms with E-state index in [4.69, 9.17) is 5.73 Å². The van der Waals surface area contributed by atoms with Gasteiger partial charge in [0.05, 0.1) is 0 Å². The van der Waals surface area contributed by atoms with Crippen LogP contribution in [0.2, 0.25) is 0 Å². The Morgan fingerprint density at radius 1 is 1.57 bits per heavy atom. The van der Waals surface area contributed by atoms with Gasteiger partial charge in [0.1, 0.15) is 0 Å². The molecular formula is C10H15N3S. The van der Waals surface area contributed by atoms with Crippen LogP contribution in [0.3, 0.4) is 0 Å². The SMILES string of the molecule is NC1(CCc2cnc3n2CCS3)CC1. The Hall–Kier alpha value is -0.480. The molecule has 0 unspecified atom stereocenters. The molecule has 76 valence electrons. The van der Waals surface area contributed by atoms with Crippen molar-refractivity contribution >= 4 is 11.8 Å². The third-order valence-corrected chi connectivity index (χ3v) is 4.19. The summed E-state index contributed by atoms with van der Waals surface area (Å²) in [5.74, 6) is 1.18. The summed E-state index contributed by atoms with van der Waals surface area (Å²) >= 11 is 1.86. The first-order valence-corrected chi connectivity index (χ1v) is 6.22. The molecule has 0 amide bonds. The van der Waals surface area contributed by atoms with E-state index in [0.717, 1.165) is 19.4 Å². The Labute approximate surface area is 88.1 Å². The van der Waals surface area contributed by atoms with Crippen LogP contribution in [0.5, 0.6) is 0 Å². The quantitative estimate of drug-likeness (QED) is 0.818. The lowest BCUT2D eigenvalue weighted by Crippen LogP contribution is -2.22. The number of aryl methyl sites for hydroxylation is 1. The molecule has 0 atom stereocenters. The van der Waals surface area contributed by atoms with E-state index >= 15 is 0 Å². The van der Waals surface area contributed by atoms with E-state index in [-0.39, 0.29) is 5.54 Å². The summed E-state index contributed by atoms with van der Waals surface area (Å²) in [5, 5.41) is 1.20. The van der Waals surface area contributed by atoms with Gasteiger partial charge in [0, 0.05) is 29.7 Å². The third-order valence-electron chi connectivity index (χ3n) is 3.22. The Bertz CT molecular complexity index is 354. The van der Waals surface area contributed by atoms with Crippen LogP contribution in [0.25, 0.3) is 0 Å². The van der Waals surface area contributed by atoms with Gasteiger partial charge in [0.25, 0.3) is 0 Å². The van der Waals surface area contributed by atoms with Gasteiger partial charge in [0.15, 0.2) is 5.16 Å². The van der Waals surface area contributed by atoms with Gasteiger partial charge < -0.3 is 10.3 Å². The predicted octanol–water partition coefficient (Wildman–Crippen LogP) is 1.41. The average Bonchev–Trinajstić information content (AvgIpc) is 2.65. The summed E-state index contributed by atoms with van der Waals surface area (Å²) in [7, 11) is 0. The molecule has 0 spiro atoms. The molecule has 2 N–H and O–H groups in total. The molecule has 0 radical (unpaired) electrons. The van der Waals surface area contributed by atoms with Crippen molar-refractivity contribution in [3.63, 3.8) is 0 Å². The molecule has 1 saturated carbocycles. The molecule has 4 heteroatoms. The lowest BCUT2D eigenvalue weighted by atomic mass is 10.1. The summed E-state index contributed by atoms with van der Waals surface area (Å²) in [6.07, 6.45) is 6.67. The first-order chi connectivity index (χ1) is 6.77. The van der Waals surface area contributed by atoms with Crippen molar-refractivity contribution in [3.8, 4) is 0 Å². The largest absolute Gasteiger partial charge is 0.325 e. The Balaban J connectivity index is 1.71. The van der Waals surface area contributed by atoms with E-state index in [9.17, 15) is 0 Å². The lowest BCUT2D eigenvalue weighted by molar-refractivity contribution is 0.578. The number of rotatable bonds is 3. The van der Waals surface area contributed by atoms with Crippen LogP contribution >= 0.6 is 11.8 Å². The maximum Gasteiger partial charge on any atom is 0.168 e. The normalized spacial score (nSPS) is 22.4. The molecule has 0 aromatic carbocycles. The van der Waals surface area contributed by atoms with Crippen molar-refractivity contribution in [2.45, 2.75) is 42.9 Å². The molecule has 1 fully saturated rings. The third kappa shape index (κ3) is 1.46. The van der Waals surface area contributed by atoms with E-state index in [2.05, 4.69) is 9.55 Å². The Kier molecular flexibility index (Phi) is 1.89. The van der Waals surface area contributed by atoms with E-state index in [1.54, 1.807) is 0 Å². The number of imidazole rings is 1. The Morgan fingerprint density at radius 2 is 2.43 bits per heavy atom. The van der Waals surface area contributed by atoms with Gasteiger partial charge in [-0.15, -0.1) is 0 Å². The average molecular weight is 209 g/mol. The van der Waals surface area contributed by atoms with Gasteiger partial charge in [-0.05, 0) is 25.7 Å². The molecular weight excluding hydrogens is 194 g/mol. The maximum absolute atomic E-state index is 6.07. The second-order valence-electron chi connectivity index (χ2n) is 4.39. The van der Waals surface area contributed by atoms with Gasteiger partial charge in [0.2, 0.25) is 0 Å². The number of hydrogen-bond acceptors (Lipinski definition) is 3. The van der Waals surface area contributed by atoms with Gasteiger partial charge >= 0.3 is 0 Å². The fourth-order valence-corrected chi connectivity index (χ4v) is 2.91. The molecule has 0 saturated heterocycles. The lowest BCUT2D eigenvalue weighted by Gasteiger charge is -2.08. The van der Waals surface area contributed by atoms with Gasteiger partial charge in [-0.25, -0.2) is 4.98 Å². The summed E-state index contributed by atoms with van der Waals surface area (Å²) in [4.78, 5) is 4.40. The number of thioether (sulfide) groups is 1. The number of nitrogens with zero attached hydrogens (tertiary/aromatic N) is 2. The van der Waals surface area contributed by atoms with Crippen molar-refractivity contribution < 1.29 is 0 Å². The number of aromatic nitrogens is 2. The van der Waals surface area contributed by atoms with Crippen LogP contribution in [0.15, 0.2) is 11.4 Å². The highest BCUT2D eigenvalue weighted by Crippen LogP contribution is 2.37. The standard InChI is InChI=1S/C10H15N3S/c11-10(3-4-10)2-1-8-7-12-9-13(8)5-6-14-9/h7H,1-6,11H2. The zero-order valence-electron chi connectivity index (χ0n) is 8.20. The summed E-state index contributed by atoms with van der Waals surface area (Å²) in [6.45, 7) is 1.13. The minimum atomic E-state index is 0.177. The van der Waals surface area contributed by atoms with Crippen LogP contribution in [-0.2, 0) is 13.0 Å². The maximum atomic E-state index is 6.07. The van der Waals surface area contributed by atoms with Crippen LogP contribution in [0.4, 0.5) is 0 Å². The molecule has 0 bridgehead atoms. The highest BCUT2D eigenvalue weighted by molar-refractivity contribution is 7.99. The first-order valence-electron chi connectivity index (χ1n) is 5.23. The van der Waals surface area contributed by atoms with Crippen molar-refractivity contribution in [2.75, 3.05) is 5.75 Å². The van der Waals surface area contributed by atoms with Gasteiger partial charge in [-0.3, -0.25) is 0 Å². The highest BCUT2D eigenvalue weighted by Gasteiger charge is 2.37. The fourth-order valence-electron chi connectivity index (χ4n) is 1.96. The van der Waals surface area contributed by atoms with Crippen molar-refractivity contribution in [1.29, 1.82) is 0 Å². The minimum Gasteiger partial charge on any atom is -0.325 e. The number of hydrogen-bond donors (Lipinski definition) is 1. The smallest absolute Gasteiger partial charge is 0.168 e. The summed E-state index contributed by atoms with van der Waals surface area (Å²) in [5.41, 5.74) is 7.63. The predicted molar refractivity (Wildman–Crippen MR) is 57.4 cm³/mol. The van der Waals surface area contributed by atoms with Crippen LogP contribution < -0.4 is 5.73 Å². The molecule has 3 nitrogen and oxygen atoms in total. The van der Waals surface area contributed by atoms with E-state index < -0.39 is 0 Å². The zero-order chi connectivity index (χ0) is 9.60. The van der Waals surface area contributed by atoms with Crippen LogP contribution in [0.1, 0.15) is 25.0 Å². The summed E-state index contributed by atoms with van der Waals surface area (Å²) in [6, 6.07) is 0. The van der Waals surface area contributed by atoms with Gasteiger partial charge in [-0.2, -0.15) is 0 Å². The topological polar surface area (TPSA) is 43.8 Å². The molecule has 14 heavy (non-hydrogen) atoms. The molecule has 1 aliphatic carbocycles. The minimum absolute atomic E-state index is 0.177. The second kappa shape index (κ2) is 3.00. The van der Waals surface area contributed by atoms with Crippen LogP contribution in [-0.4, -0.2) is 20.8 Å². The molecule has 2 aliphatic rings. The van der Waals surface area contributed by atoms with E-state index in [0.29, 0.717) is 0 Å². The molecule has 1 aromatic heterocycles. The molecule has 2 heterocycles. The number of fused-ring (bicyclic) bond motifs is 1. The number of nitrogens with two attached hydrogens (primary N) is 1. The van der Waals surface area contributed by atoms with Crippen molar-refractivity contribution in [3.05, 3.63) is 11.9 Å². The van der Waals surface area contributed by atoms with E-state index in [1.807, 2.05) is 18.0 Å². The second-order valence-corrected chi connectivity index (χ2v) is 5.46. The van der Waals surface area contributed by atoms with Gasteiger partial charge in [-0.1, -0.05) is 11.8 Å². The monoisotopic (exact) mass is 209 g/mol. The Morgan fingerprint density at radius 3 is 3.21 bits per heavy atom. The molecule has 3 rings (SSSR count). The zero-order valence-corrected chi connectivity index (χ0v) is 9.02. The van der Waals surface area contributed by atoms with Crippen molar-refractivity contribution in [1.82, 2.24) is 9.55 Å². The van der Waals surface area contributed by atoms with E-state index in [1.165, 1.54) is 29.4 Å². The first kappa shape index (κ1) is 8.80. The summed E-state index contributed by atoms with van der Waals surface area (Å²) < 4.78 is 2.34.